The molecule has 0 aliphatic carbocycles. The number of carbonyl (C=O) groups is 1. The number of nitrogens with two attached hydrogens (primary N) is 1. The highest BCUT2D eigenvalue weighted by Crippen LogP contribution is 1.89. The zero-order valence-electron chi connectivity index (χ0n) is 6.65. The summed E-state index contributed by atoms with van der Waals surface area (Å²) in [6.45, 7) is 1.86. The van der Waals surface area contributed by atoms with Crippen molar-refractivity contribution in [3.05, 3.63) is 10.1 Å². The van der Waals surface area contributed by atoms with Crippen LogP contribution in [0.1, 0.15) is 6.92 Å². The van der Waals surface area contributed by atoms with Crippen molar-refractivity contribution >= 4 is 5.91 Å². The lowest BCUT2D eigenvalue weighted by Crippen LogP contribution is -2.38. The summed E-state index contributed by atoms with van der Waals surface area (Å²) < 4.78 is 0. The van der Waals surface area contributed by atoms with Crippen molar-refractivity contribution < 1.29 is 14.7 Å². The quantitative estimate of drug-likeness (QED) is 0.399. The molecule has 0 fully saturated rings. The van der Waals surface area contributed by atoms with E-state index in [2.05, 4.69) is 10.2 Å². The molecule has 1 atom stereocenters. The van der Waals surface area contributed by atoms with Gasteiger partial charge in [0.15, 0.2) is 6.10 Å². The van der Waals surface area contributed by atoms with E-state index in [9.17, 15) is 14.9 Å². The molecule has 0 aromatic rings. The van der Waals surface area contributed by atoms with E-state index in [1.54, 1.807) is 0 Å². The van der Waals surface area contributed by atoms with Crippen LogP contribution < -0.4 is 11.1 Å². The SMILES string of the molecule is CC(O[N+](=O)[O-])C(=O)NCCN. The summed E-state index contributed by atoms with van der Waals surface area (Å²) in [5.74, 6) is -0.544. The molecule has 0 aliphatic heterocycles. The maximum atomic E-state index is 10.8. The summed E-state index contributed by atoms with van der Waals surface area (Å²) in [5, 5.41) is 11.1. The predicted octanol–water partition coefficient (Wildman–Crippen LogP) is -1.34. The van der Waals surface area contributed by atoms with Gasteiger partial charge in [-0.3, -0.25) is 4.79 Å². The van der Waals surface area contributed by atoms with Crippen LogP contribution in [0.15, 0.2) is 0 Å². The van der Waals surface area contributed by atoms with Crippen molar-refractivity contribution in [2.45, 2.75) is 13.0 Å². The van der Waals surface area contributed by atoms with E-state index in [4.69, 9.17) is 5.73 Å². The van der Waals surface area contributed by atoms with E-state index in [0.29, 0.717) is 0 Å². The van der Waals surface area contributed by atoms with Gasteiger partial charge in [-0.25, -0.2) is 0 Å². The van der Waals surface area contributed by atoms with Crippen molar-refractivity contribution in [1.29, 1.82) is 0 Å². The minimum atomic E-state index is -1.09. The van der Waals surface area contributed by atoms with Crippen LogP contribution in [0.5, 0.6) is 0 Å². The molecule has 0 aromatic heterocycles. The van der Waals surface area contributed by atoms with Crippen LogP contribution in [-0.4, -0.2) is 30.2 Å². The molecule has 0 saturated carbocycles. The van der Waals surface area contributed by atoms with Crippen LogP contribution in [0, 0.1) is 10.1 Å². The van der Waals surface area contributed by atoms with E-state index in [0.717, 1.165) is 0 Å². The maximum absolute atomic E-state index is 10.8. The standard InChI is InChI=1S/C5H11N3O4/c1-4(12-8(10)11)5(9)7-3-2-6/h4H,2-3,6H2,1H3,(H,7,9). The highest BCUT2D eigenvalue weighted by atomic mass is 17.0. The minimum absolute atomic E-state index is 0.282. The number of nitrogens with zero attached hydrogens (tertiary/aromatic N) is 1. The molecule has 0 bridgehead atoms. The second-order valence-electron chi connectivity index (χ2n) is 2.05. The maximum Gasteiger partial charge on any atom is 0.295 e. The molecule has 70 valence electrons. The highest BCUT2D eigenvalue weighted by Gasteiger charge is 2.15. The average Bonchev–Trinajstić information content (AvgIpc) is 1.98. The van der Waals surface area contributed by atoms with Crippen molar-refractivity contribution in [3.8, 4) is 0 Å². The van der Waals surface area contributed by atoms with E-state index in [-0.39, 0.29) is 13.1 Å². The highest BCUT2D eigenvalue weighted by molar-refractivity contribution is 5.80. The Morgan fingerprint density at radius 3 is 2.83 bits per heavy atom. The van der Waals surface area contributed by atoms with Gasteiger partial charge in [-0.05, 0) is 6.92 Å². The summed E-state index contributed by atoms with van der Waals surface area (Å²) in [4.78, 5) is 24.6. The summed E-state index contributed by atoms with van der Waals surface area (Å²) in [6, 6.07) is 0. The molecule has 3 N–H and O–H groups in total. The zero-order chi connectivity index (χ0) is 9.56. The Balaban J connectivity index is 3.69. The van der Waals surface area contributed by atoms with Gasteiger partial charge >= 0.3 is 0 Å². The Labute approximate surface area is 69.0 Å². The Hall–Kier alpha value is -1.37. The van der Waals surface area contributed by atoms with Gasteiger partial charge in [0.05, 0.1) is 0 Å². The number of rotatable bonds is 5. The van der Waals surface area contributed by atoms with Crippen molar-refractivity contribution in [2.24, 2.45) is 5.73 Å². The van der Waals surface area contributed by atoms with Gasteiger partial charge in [0.1, 0.15) is 0 Å². The van der Waals surface area contributed by atoms with Gasteiger partial charge in [-0.2, -0.15) is 0 Å². The fourth-order valence-electron chi connectivity index (χ4n) is 0.516. The van der Waals surface area contributed by atoms with Crippen molar-refractivity contribution in [2.75, 3.05) is 13.1 Å². The monoisotopic (exact) mass is 177 g/mol. The molecule has 0 saturated heterocycles. The fraction of sp³-hybridized carbons (Fsp3) is 0.800. The van der Waals surface area contributed by atoms with E-state index < -0.39 is 17.1 Å². The molecule has 0 aliphatic rings. The normalized spacial score (nSPS) is 11.8. The van der Waals surface area contributed by atoms with Gasteiger partial charge in [-0.15, -0.1) is 10.1 Å². The molecule has 7 heteroatoms. The molecule has 1 amide bonds. The van der Waals surface area contributed by atoms with E-state index >= 15 is 0 Å². The number of carbonyl (C=O) groups excluding carboxylic acids is 1. The first-order valence-corrected chi connectivity index (χ1v) is 3.37. The first kappa shape index (κ1) is 10.6. The van der Waals surface area contributed by atoms with Crippen molar-refractivity contribution in [1.82, 2.24) is 5.32 Å². The third kappa shape index (κ3) is 4.45. The predicted molar refractivity (Wildman–Crippen MR) is 39.6 cm³/mol. The lowest BCUT2D eigenvalue weighted by Gasteiger charge is -2.08. The van der Waals surface area contributed by atoms with Gasteiger partial charge in [0.25, 0.3) is 5.09 Å². The minimum Gasteiger partial charge on any atom is -0.353 e. The second kappa shape index (κ2) is 5.30. The van der Waals surface area contributed by atoms with Crippen LogP contribution in [0.3, 0.4) is 0 Å². The Kier molecular flexibility index (Phi) is 4.70. The molecule has 7 nitrogen and oxygen atoms in total. The first-order chi connectivity index (χ1) is 5.57. The molecule has 12 heavy (non-hydrogen) atoms. The molecular formula is C5H11N3O4. The van der Waals surface area contributed by atoms with Gasteiger partial charge in [-0.1, -0.05) is 0 Å². The van der Waals surface area contributed by atoms with Crippen LogP contribution in [0.4, 0.5) is 0 Å². The van der Waals surface area contributed by atoms with Gasteiger partial charge < -0.3 is 15.9 Å². The zero-order valence-corrected chi connectivity index (χ0v) is 6.65. The number of nitrogens with one attached hydrogen (secondary N) is 1. The second-order valence-corrected chi connectivity index (χ2v) is 2.05. The van der Waals surface area contributed by atoms with E-state index in [1.807, 2.05) is 0 Å². The molecule has 0 radical (unpaired) electrons. The molecule has 0 spiro atoms. The van der Waals surface area contributed by atoms with E-state index in [1.165, 1.54) is 6.92 Å². The Bertz CT molecular complexity index is 172. The first-order valence-electron chi connectivity index (χ1n) is 3.37. The lowest BCUT2D eigenvalue weighted by atomic mass is 10.4. The largest absolute Gasteiger partial charge is 0.353 e. The molecule has 0 aromatic carbocycles. The molecule has 0 rings (SSSR count). The van der Waals surface area contributed by atoms with Crippen LogP contribution in [0.25, 0.3) is 0 Å². The van der Waals surface area contributed by atoms with Gasteiger partial charge in [0.2, 0.25) is 5.91 Å². The number of hydrogen-bond donors (Lipinski definition) is 2. The molecular weight excluding hydrogens is 166 g/mol. The smallest absolute Gasteiger partial charge is 0.295 e. The summed E-state index contributed by atoms with van der Waals surface area (Å²) in [6.07, 6.45) is -1.09. The van der Waals surface area contributed by atoms with Crippen LogP contribution in [-0.2, 0) is 9.63 Å². The van der Waals surface area contributed by atoms with Crippen LogP contribution in [0.2, 0.25) is 0 Å². The molecule has 1 unspecified atom stereocenters. The number of amides is 1. The Morgan fingerprint density at radius 1 is 1.83 bits per heavy atom. The third-order valence-electron chi connectivity index (χ3n) is 1.06. The number of hydrogen-bond acceptors (Lipinski definition) is 5. The molecule has 0 heterocycles. The van der Waals surface area contributed by atoms with Crippen molar-refractivity contribution in [3.63, 3.8) is 0 Å². The lowest BCUT2D eigenvalue weighted by molar-refractivity contribution is -0.763. The fourth-order valence-corrected chi connectivity index (χ4v) is 0.516. The third-order valence-corrected chi connectivity index (χ3v) is 1.06. The average molecular weight is 177 g/mol. The summed E-state index contributed by atoms with van der Waals surface area (Å²) in [7, 11) is 0. The van der Waals surface area contributed by atoms with Crippen LogP contribution >= 0.6 is 0 Å². The summed E-state index contributed by atoms with van der Waals surface area (Å²) >= 11 is 0. The van der Waals surface area contributed by atoms with Gasteiger partial charge in [0, 0.05) is 13.1 Å². The topological polar surface area (TPSA) is 107 Å². The Morgan fingerprint density at radius 2 is 2.42 bits per heavy atom. The summed E-state index contributed by atoms with van der Waals surface area (Å²) in [5.41, 5.74) is 5.09.